The van der Waals surface area contributed by atoms with E-state index in [-0.39, 0.29) is 22.8 Å². The number of hydrogen-bond acceptors (Lipinski definition) is 2. The Balaban J connectivity index is 2.39. The highest BCUT2D eigenvalue weighted by Gasteiger charge is 2.35. The number of rotatable bonds is 1. The van der Waals surface area contributed by atoms with Crippen molar-refractivity contribution in [3.05, 3.63) is 22.8 Å². The van der Waals surface area contributed by atoms with Crippen LogP contribution in [-0.4, -0.2) is 16.9 Å². The SMILES string of the molecule is CC1CCC(=O)N1c1ncc(C(F)(F)F)cc1Cl. The molecule has 2 rings (SSSR count). The lowest BCUT2D eigenvalue weighted by Gasteiger charge is -2.22. The Hall–Kier alpha value is -1.30. The van der Waals surface area contributed by atoms with E-state index < -0.39 is 11.7 Å². The summed E-state index contributed by atoms with van der Waals surface area (Å²) in [6, 6.07) is 0.696. The topological polar surface area (TPSA) is 33.2 Å². The van der Waals surface area contributed by atoms with Crippen LogP contribution in [0.3, 0.4) is 0 Å². The zero-order chi connectivity index (χ0) is 13.5. The molecular formula is C11H10ClF3N2O. The summed E-state index contributed by atoms with van der Waals surface area (Å²) in [5.74, 6) is -0.0728. The molecule has 7 heteroatoms. The zero-order valence-electron chi connectivity index (χ0n) is 9.46. The second-order valence-corrected chi connectivity index (χ2v) is 4.59. The summed E-state index contributed by atoms with van der Waals surface area (Å²) in [5, 5.41) is -0.160. The molecule has 0 aromatic carbocycles. The molecule has 0 radical (unpaired) electrons. The van der Waals surface area contributed by atoms with Crippen molar-refractivity contribution in [1.29, 1.82) is 0 Å². The van der Waals surface area contributed by atoms with E-state index in [1.807, 2.05) is 0 Å². The molecule has 98 valence electrons. The number of anilines is 1. The molecule has 18 heavy (non-hydrogen) atoms. The second-order valence-electron chi connectivity index (χ2n) is 4.18. The molecule has 1 saturated heterocycles. The van der Waals surface area contributed by atoms with E-state index in [2.05, 4.69) is 4.98 Å². The van der Waals surface area contributed by atoms with E-state index >= 15 is 0 Å². The highest BCUT2D eigenvalue weighted by molar-refractivity contribution is 6.33. The first-order valence-electron chi connectivity index (χ1n) is 5.35. The van der Waals surface area contributed by atoms with Gasteiger partial charge in [0.05, 0.1) is 10.6 Å². The van der Waals surface area contributed by atoms with Gasteiger partial charge in [-0.25, -0.2) is 4.98 Å². The average molecular weight is 279 g/mol. The first kappa shape index (κ1) is 13.1. The van der Waals surface area contributed by atoms with Gasteiger partial charge >= 0.3 is 6.18 Å². The highest BCUT2D eigenvalue weighted by atomic mass is 35.5. The molecule has 0 spiro atoms. The van der Waals surface area contributed by atoms with Crippen LogP contribution in [-0.2, 0) is 11.0 Å². The summed E-state index contributed by atoms with van der Waals surface area (Å²) in [7, 11) is 0. The summed E-state index contributed by atoms with van der Waals surface area (Å²) in [5.41, 5.74) is -0.921. The molecule has 2 heterocycles. The molecule has 0 bridgehead atoms. The lowest BCUT2D eigenvalue weighted by Crippen LogP contribution is -2.31. The Morgan fingerprint density at radius 2 is 2.17 bits per heavy atom. The normalized spacial score (nSPS) is 20.6. The van der Waals surface area contributed by atoms with Crippen molar-refractivity contribution in [1.82, 2.24) is 4.98 Å². The molecule has 1 fully saturated rings. The Kier molecular flexibility index (Phi) is 3.23. The Morgan fingerprint density at radius 1 is 1.50 bits per heavy atom. The van der Waals surface area contributed by atoms with Gasteiger partial charge in [0.2, 0.25) is 5.91 Å². The summed E-state index contributed by atoms with van der Waals surface area (Å²) < 4.78 is 37.4. The van der Waals surface area contributed by atoms with Crippen LogP contribution in [0.5, 0.6) is 0 Å². The number of hydrogen-bond donors (Lipinski definition) is 0. The van der Waals surface area contributed by atoms with Gasteiger partial charge in [-0.15, -0.1) is 0 Å². The number of amides is 1. The number of nitrogens with zero attached hydrogens (tertiary/aromatic N) is 2. The van der Waals surface area contributed by atoms with E-state index in [0.29, 0.717) is 19.0 Å². The third kappa shape index (κ3) is 2.29. The smallest absolute Gasteiger partial charge is 0.293 e. The largest absolute Gasteiger partial charge is 0.417 e. The van der Waals surface area contributed by atoms with E-state index in [0.717, 1.165) is 6.07 Å². The maximum absolute atomic E-state index is 12.5. The number of pyridine rings is 1. The van der Waals surface area contributed by atoms with Crippen molar-refractivity contribution in [2.75, 3.05) is 4.90 Å². The standard InChI is InChI=1S/C11H10ClF3N2O/c1-6-2-3-9(18)17(6)10-8(12)4-7(5-16-10)11(13,14)15/h4-6H,2-3H2,1H3. The molecule has 1 aromatic rings. The van der Waals surface area contributed by atoms with Gasteiger partial charge in [-0.1, -0.05) is 11.6 Å². The minimum absolute atomic E-state index is 0.0969. The summed E-state index contributed by atoms with van der Waals surface area (Å²) in [6.45, 7) is 1.81. The van der Waals surface area contributed by atoms with Crippen LogP contribution in [0, 0.1) is 0 Å². The third-order valence-corrected chi connectivity index (χ3v) is 3.14. The van der Waals surface area contributed by atoms with Crippen LogP contribution in [0.15, 0.2) is 12.3 Å². The van der Waals surface area contributed by atoms with Crippen LogP contribution in [0.4, 0.5) is 19.0 Å². The monoisotopic (exact) mass is 278 g/mol. The molecular weight excluding hydrogens is 269 g/mol. The van der Waals surface area contributed by atoms with E-state index in [1.54, 1.807) is 6.92 Å². The molecule has 1 aliphatic rings. The van der Waals surface area contributed by atoms with E-state index in [4.69, 9.17) is 11.6 Å². The molecule has 1 aromatic heterocycles. The molecule has 0 N–H and O–H groups in total. The Morgan fingerprint density at radius 3 is 2.61 bits per heavy atom. The van der Waals surface area contributed by atoms with Crippen molar-refractivity contribution < 1.29 is 18.0 Å². The number of alkyl halides is 3. The number of aromatic nitrogens is 1. The van der Waals surface area contributed by atoms with Gasteiger partial charge < -0.3 is 0 Å². The van der Waals surface area contributed by atoms with E-state index in [1.165, 1.54) is 4.90 Å². The van der Waals surface area contributed by atoms with Crippen molar-refractivity contribution in [3.8, 4) is 0 Å². The van der Waals surface area contributed by atoms with Gasteiger partial charge in [-0.2, -0.15) is 13.2 Å². The molecule has 1 amide bonds. The minimum atomic E-state index is -4.49. The number of carbonyl (C=O) groups is 1. The zero-order valence-corrected chi connectivity index (χ0v) is 10.2. The van der Waals surface area contributed by atoms with Crippen LogP contribution in [0.25, 0.3) is 0 Å². The molecule has 1 unspecified atom stereocenters. The fourth-order valence-electron chi connectivity index (χ4n) is 1.92. The maximum Gasteiger partial charge on any atom is 0.417 e. The van der Waals surface area contributed by atoms with Gasteiger partial charge in [0.1, 0.15) is 0 Å². The number of halogens is 4. The first-order chi connectivity index (χ1) is 8.30. The highest BCUT2D eigenvalue weighted by Crippen LogP contribution is 2.35. The first-order valence-corrected chi connectivity index (χ1v) is 5.73. The maximum atomic E-state index is 12.5. The summed E-state index contributed by atoms with van der Waals surface area (Å²) in [4.78, 5) is 16.7. The fraction of sp³-hybridized carbons (Fsp3) is 0.455. The summed E-state index contributed by atoms with van der Waals surface area (Å²) in [6.07, 6.45) is -2.78. The van der Waals surface area contributed by atoms with Gasteiger partial charge in [0.15, 0.2) is 5.82 Å². The molecule has 0 aliphatic carbocycles. The van der Waals surface area contributed by atoms with Gasteiger partial charge in [-0.05, 0) is 19.4 Å². The van der Waals surface area contributed by atoms with Crippen molar-refractivity contribution in [2.45, 2.75) is 32.0 Å². The fourth-order valence-corrected chi connectivity index (χ4v) is 2.17. The average Bonchev–Trinajstić information content (AvgIpc) is 2.58. The lowest BCUT2D eigenvalue weighted by atomic mass is 10.2. The van der Waals surface area contributed by atoms with Gasteiger partial charge in [0, 0.05) is 18.7 Å². The number of carbonyl (C=O) groups excluding carboxylic acids is 1. The second kappa shape index (κ2) is 4.42. The predicted molar refractivity (Wildman–Crippen MR) is 60.4 cm³/mol. The molecule has 1 aliphatic heterocycles. The lowest BCUT2D eigenvalue weighted by molar-refractivity contribution is -0.137. The molecule has 3 nitrogen and oxygen atoms in total. The molecule has 0 saturated carbocycles. The van der Waals surface area contributed by atoms with Crippen LogP contribution in [0.2, 0.25) is 5.02 Å². The van der Waals surface area contributed by atoms with Gasteiger partial charge in [0.25, 0.3) is 0 Å². The van der Waals surface area contributed by atoms with Crippen molar-refractivity contribution >= 4 is 23.3 Å². The van der Waals surface area contributed by atoms with Crippen molar-refractivity contribution in [2.24, 2.45) is 0 Å². The summed E-state index contributed by atoms with van der Waals surface area (Å²) >= 11 is 5.79. The van der Waals surface area contributed by atoms with E-state index in [9.17, 15) is 18.0 Å². The van der Waals surface area contributed by atoms with Gasteiger partial charge in [-0.3, -0.25) is 9.69 Å². The predicted octanol–water partition coefficient (Wildman–Crippen LogP) is 3.27. The Labute approximate surface area is 107 Å². The Bertz CT molecular complexity index is 490. The van der Waals surface area contributed by atoms with Crippen LogP contribution in [0.1, 0.15) is 25.3 Å². The third-order valence-electron chi connectivity index (χ3n) is 2.86. The molecule has 1 atom stereocenters. The van der Waals surface area contributed by atoms with Crippen LogP contribution < -0.4 is 4.90 Å². The minimum Gasteiger partial charge on any atom is -0.293 e. The quantitative estimate of drug-likeness (QED) is 0.790. The van der Waals surface area contributed by atoms with Crippen LogP contribution >= 0.6 is 11.6 Å². The van der Waals surface area contributed by atoms with Crippen molar-refractivity contribution in [3.63, 3.8) is 0 Å².